The number of hydrogen-bond acceptors (Lipinski definition) is 3. The normalized spacial score (nSPS) is 12.9. The molecular formula is C14H21N3O. The van der Waals surface area contributed by atoms with Crippen LogP contribution in [0.25, 0.3) is 0 Å². The lowest BCUT2D eigenvalue weighted by Crippen LogP contribution is -2.23. The van der Waals surface area contributed by atoms with Gasteiger partial charge in [-0.05, 0) is 45.4 Å². The van der Waals surface area contributed by atoms with Crippen LogP contribution in [0, 0.1) is 20.8 Å². The molecule has 2 rings (SSSR count). The zero-order valence-electron chi connectivity index (χ0n) is 11.5. The summed E-state index contributed by atoms with van der Waals surface area (Å²) in [5.41, 5.74) is 3.65. The van der Waals surface area contributed by atoms with E-state index in [-0.39, 0.29) is 6.04 Å². The van der Waals surface area contributed by atoms with Crippen LogP contribution in [0.1, 0.15) is 35.7 Å². The first-order valence-electron chi connectivity index (χ1n) is 6.37. The molecular weight excluding hydrogens is 226 g/mol. The Bertz CT molecular complexity index is 499. The molecule has 0 amide bonds. The molecule has 98 valence electrons. The molecule has 2 heterocycles. The minimum absolute atomic E-state index is 0.234. The Balaban J connectivity index is 1.87. The van der Waals surface area contributed by atoms with E-state index in [2.05, 4.69) is 42.8 Å². The molecule has 1 unspecified atom stereocenters. The lowest BCUT2D eigenvalue weighted by Gasteiger charge is -2.11. The molecule has 4 nitrogen and oxygen atoms in total. The molecule has 0 aliphatic rings. The molecule has 0 spiro atoms. The monoisotopic (exact) mass is 247 g/mol. The van der Waals surface area contributed by atoms with Crippen LogP contribution in [0.15, 0.2) is 22.8 Å². The smallest absolute Gasteiger partial charge is 0.120 e. The molecule has 0 saturated heterocycles. The van der Waals surface area contributed by atoms with Crippen LogP contribution in [0.5, 0.6) is 0 Å². The van der Waals surface area contributed by atoms with Gasteiger partial charge in [0.2, 0.25) is 0 Å². The number of nitrogens with zero attached hydrogens (tertiary/aromatic N) is 2. The molecule has 0 radical (unpaired) electrons. The van der Waals surface area contributed by atoms with Crippen molar-refractivity contribution in [2.24, 2.45) is 0 Å². The van der Waals surface area contributed by atoms with Crippen LogP contribution >= 0.6 is 0 Å². The van der Waals surface area contributed by atoms with Crippen LogP contribution in [-0.2, 0) is 6.54 Å². The number of aryl methyl sites for hydroxylation is 1. The minimum Gasteiger partial charge on any atom is -0.468 e. The second-order valence-corrected chi connectivity index (χ2v) is 4.71. The van der Waals surface area contributed by atoms with Gasteiger partial charge in [-0.2, -0.15) is 5.10 Å². The minimum atomic E-state index is 0.234. The first kappa shape index (κ1) is 12.9. The predicted octanol–water partition coefficient (Wildman–Crippen LogP) is 2.75. The van der Waals surface area contributed by atoms with E-state index in [1.54, 1.807) is 6.26 Å². The standard InChI is InChI=1S/C14H21N3O/c1-10-11(2)16-17(13(10)4)8-7-15-12(3)14-6-5-9-18-14/h5-6,9,12,15H,7-8H2,1-4H3. The molecule has 0 aromatic carbocycles. The lowest BCUT2D eigenvalue weighted by molar-refractivity contribution is 0.417. The number of aromatic nitrogens is 2. The van der Waals surface area contributed by atoms with Crippen LogP contribution in [0.4, 0.5) is 0 Å². The average molecular weight is 247 g/mol. The summed E-state index contributed by atoms with van der Waals surface area (Å²) in [5.74, 6) is 0.972. The highest BCUT2D eigenvalue weighted by Crippen LogP contribution is 2.13. The highest BCUT2D eigenvalue weighted by atomic mass is 16.3. The maximum atomic E-state index is 5.36. The molecule has 2 aromatic heterocycles. The van der Waals surface area contributed by atoms with Gasteiger partial charge in [-0.3, -0.25) is 4.68 Å². The fraction of sp³-hybridized carbons (Fsp3) is 0.500. The van der Waals surface area contributed by atoms with Gasteiger partial charge < -0.3 is 9.73 Å². The van der Waals surface area contributed by atoms with Crippen molar-refractivity contribution in [3.63, 3.8) is 0 Å². The zero-order valence-corrected chi connectivity index (χ0v) is 11.5. The Morgan fingerprint density at radius 3 is 2.72 bits per heavy atom. The Morgan fingerprint density at radius 1 is 1.39 bits per heavy atom. The van der Waals surface area contributed by atoms with Gasteiger partial charge in [-0.25, -0.2) is 0 Å². The van der Waals surface area contributed by atoms with Crippen molar-refractivity contribution in [1.29, 1.82) is 0 Å². The van der Waals surface area contributed by atoms with E-state index in [9.17, 15) is 0 Å². The average Bonchev–Trinajstić information content (AvgIpc) is 2.95. The van der Waals surface area contributed by atoms with Gasteiger partial charge in [-0.15, -0.1) is 0 Å². The quantitative estimate of drug-likeness (QED) is 0.883. The molecule has 1 N–H and O–H groups in total. The summed E-state index contributed by atoms with van der Waals surface area (Å²) in [4.78, 5) is 0. The van der Waals surface area contributed by atoms with E-state index in [0.717, 1.165) is 24.5 Å². The van der Waals surface area contributed by atoms with E-state index >= 15 is 0 Å². The number of nitrogens with one attached hydrogen (secondary N) is 1. The summed E-state index contributed by atoms with van der Waals surface area (Å²) >= 11 is 0. The Morgan fingerprint density at radius 2 is 2.17 bits per heavy atom. The van der Waals surface area contributed by atoms with E-state index < -0.39 is 0 Å². The van der Waals surface area contributed by atoms with E-state index in [4.69, 9.17) is 4.42 Å². The molecule has 0 saturated carbocycles. The van der Waals surface area contributed by atoms with Crippen LogP contribution < -0.4 is 5.32 Å². The molecule has 0 bridgehead atoms. The van der Waals surface area contributed by atoms with Crippen molar-refractivity contribution >= 4 is 0 Å². The number of rotatable bonds is 5. The number of hydrogen-bond donors (Lipinski definition) is 1. The predicted molar refractivity (Wildman–Crippen MR) is 71.6 cm³/mol. The van der Waals surface area contributed by atoms with E-state index in [1.807, 2.05) is 12.1 Å². The summed E-state index contributed by atoms with van der Waals surface area (Å²) < 4.78 is 7.42. The van der Waals surface area contributed by atoms with Crippen molar-refractivity contribution in [3.8, 4) is 0 Å². The first-order valence-corrected chi connectivity index (χ1v) is 6.37. The Hall–Kier alpha value is -1.55. The number of furan rings is 1. The molecule has 4 heteroatoms. The van der Waals surface area contributed by atoms with Crippen LogP contribution in [0.2, 0.25) is 0 Å². The molecule has 2 aromatic rings. The van der Waals surface area contributed by atoms with Crippen LogP contribution in [-0.4, -0.2) is 16.3 Å². The van der Waals surface area contributed by atoms with Gasteiger partial charge in [0.15, 0.2) is 0 Å². The molecule has 0 aliphatic heterocycles. The first-order chi connectivity index (χ1) is 8.59. The Kier molecular flexibility index (Phi) is 3.87. The second kappa shape index (κ2) is 5.40. The molecule has 1 atom stereocenters. The summed E-state index contributed by atoms with van der Waals surface area (Å²) in [6, 6.07) is 4.14. The van der Waals surface area contributed by atoms with Gasteiger partial charge in [0.05, 0.1) is 24.5 Å². The summed E-state index contributed by atoms with van der Waals surface area (Å²) in [7, 11) is 0. The van der Waals surface area contributed by atoms with Crippen molar-refractivity contribution in [3.05, 3.63) is 41.1 Å². The van der Waals surface area contributed by atoms with E-state index in [1.165, 1.54) is 11.3 Å². The summed E-state index contributed by atoms with van der Waals surface area (Å²) in [6.07, 6.45) is 1.71. The largest absolute Gasteiger partial charge is 0.468 e. The highest BCUT2D eigenvalue weighted by molar-refractivity contribution is 5.22. The fourth-order valence-electron chi connectivity index (χ4n) is 2.03. The summed E-state index contributed by atoms with van der Waals surface area (Å²) in [6.45, 7) is 10.1. The summed E-state index contributed by atoms with van der Waals surface area (Å²) in [5, 5.41) is 7.96. The van der Waals surface area contributed by atoms with Gasteiger partial charge in [0.1, 0.15) is 5.76 Å². The van der Waals surface area contributed by atoms with E-state index in [0.29, 0.717) is 0 Å². The van der Waals surface area contributed by atoms with Gasteiger partial charge in [-0.1, -0.05) is 0 Å². The SMILES string of the molecule is Cc1nn(CCNC(C)c2ccco2)c(C)c1C. The third kappa shape index (κ3) is 2.64. The maximum absolute atomic E-state index is 5.36. The van der Waals surface area contributed by atoms with Crippen molar-refractivity contribution in [2.75, 3.05) is 6.54 Å². The lowest BCUT2D eigenvalue weighted by atomic mass is 10.2. The van der Waals surface area contributed by atoms with Gasteiger partial charge in [0, 0.05) is 12.2 Å². The van der Waals surface area contributed by atoms with Crippen molar-refractivity contribution < 1.29 is 4.42 Å². The third-order valence-corrected chi connectivity index (χ3v) is 3.49. The molecule has 18 heavy (non-hydrogen) atoms. The topological polar surface area (TPSA) is 43.0 Å². The van der Waals surface area contributed by atoms with Crippen molar-refractivity contribution in [1.82, 2.24) is 15.1 Å². The van der Waals surface area contributed by atoms with Crippen LogP contribution in [0.3, 0.4) is 0 Å². The molecule has 0 aliphatic carbocycles. The van der Waals surface area contributed by atoms with Gasteiger partial charge >= 0.3 is 0 Å². The van der Waals surface area contributed by atoms with Gasteiger partial charge in [0.25, 0.3) is 0 Å². The maximum Gasteiger partial charge on any atom is 0.120 e. The zero-order chi connectivity index (χ0) is 13.1. The second-order valence-electron chi connectivity index (χ2n) is 4.71. The fourth-order valence-corrected chi connectivity index (χ4v) is 2.03. The van der Waals surface area contributed by atoms with Crippen molar-refractivity contribution in [2.45, 2.75) is 40.3 Å². The third-order valence-electron chi connectivity index (χ3n) is 3.49. The molecule has 0 fully saturated rings. The Labute approximate surface area is 108 Å². The highest BCUT2D eigenvalue weighted by Gasteiger charge is 2.09.